The van der Waals surface area contributed by atoms with Gasteiger partial charge in [-0.15, -0.1) is 0 Å². The Kier molecular flexibility index (Phi) is 5.70. The van der Waals surface area contributed by atoms with Gasteiger partial charge < -0.3 is 0 Å². The highest BCUT2D eigenvalue weighted by molar-refractivity contribution is 7.92. The summed E-state index contributed by atoms with van der Waals surface area (Å²) in [6.07, 6.45) is 7.12. The fourth-order valence-corrected chi connectivity index (χ4v) is 4.41. The summed E-state index contributed by atoms with van der Waals surface area (Å²) in [5.74, 6) is 0.0716. The van der Waals surface area contributed by atoms with Crippen molar-refractivity contribution in [3.8, 4) is 11.3 Å². The number of aryl methyl sites for hydroxylation is 1. The van der Waals surface area contributed by atoms with Gasteiger partial charge >= 0.3 is 0 Å². The predicted octanol–water partition coefficient (Wildman–Crippen LogP) is 5.19. The lowest BCUT2D eigenvalue weighted by atomic mass is 9.83. The zero-order valence-corrected chi connectivity index (χ0v) is 20.2. The Morgan fingerprint density at radius 3 is 2.33 bits per heavy atom. The van der Waals surface area contributed by atoms with Crippen LogP contribution in [0.5, 0.6) is 0 Å². The van der Waals surface area contributed by atoms with Crippen molar-refractivity contribution >= 4 is 38.1 Å². The van der Waals surface area contributed by atoms with Crippen LogP contribution in [0.15, 0.2) is 54.6 Å². The van der Waals surface area contributed by atoms with Crippen molar-refractivity contribution in [2.45, 2.75) is 39.5 Å². The number of allylic oxidation sites excluding steroid dienone is 4. The van der Waals surface area contributed by atoms with E-state index in [0.717, 1.165) is 34.2 Å². The van der Waals surface area contributed by atoms with Crippen LogP contribution in [0.1, 0.15) is 44.0 Å². The van der Waals surface area contributed by atoms with Gasteiger partial charge in [0.25, 0.3) is 0 Å². The number of rotatable bonds is 4. The van der Waals surface area contributed by atoms with Crippen molar-refractivity contribution < 1.29 is 13.2 Å². The molecule has 0 bridgehead atoms. The molecule has 3 aromatic rings. The fourth-order valence-electron chi connectivity index (χ4n) is 3.85. The summed E-state index contributed by atoms with van der Waals surface area (Å²) in [4.78, 5) is 22.5. The standard InChI is InChI=1S/C26H27N3O3S/c1-16-24(17-10-12-19(13-11-17)29-33(5,31)32)28-22-15-18(26(2,3)4)14-21(25(22)27-16)20-8-6-7-9-23(20)30/h6-8,10-15,29H,9H2,1-5H3. The summed E-state index contributed by atoms with van der Waals surface area (Å²) in [5.41, 5.74) is 6.60. The monoisotopic (exact) mass is 461 g/mol. The van der Waals surface area contributed by atoms with Gasteiger partial charge in [-0.2, -0.15) is 0 Å². The molecule has 0 atom stereocenters. The summed E-state index contributed by atoms with van der Waals surface area (Å²) in [6, 6.07) is 11.2. The molecule has 0 radical (unpaired) electrons. The number of hydrogen-bond donors (Lipinski definition) is 1. The lowest BCUT2D eigenvalue weighted by Gasteiger charge is -2.22. The Morgan fingerprint density at radius 2 is 1.73 bits per heavy atom. The molecule has 4 rings (SSSR count). The van der Waals surface area contributed by atoms with E-state index in [2.05, 4.69) is 31.6 Å². The van der Waals surface area contributed by atoms with Crippen molar-refractivity contribution in [1.82, 2.24) is 9.97 Å². The molecule has 6 nitrogen and oxygen atoms in total. The van der Waals surface area contributed by atoms with Crippen molar-refractivity contribution in [3.63, 3.8) is 0 Å². The quantitative estimate of drug-likeness (QED) is 0.578. The second kappa shape index (κ2) is 8.23. The van der Waals surface area contributed by atoms with Crippen LogP contribution in [-0.2, 0) is 20.2 Å². The van der Waals surface area contributed by atoms with E-state index in [9.17, 15) is 13.2 Å². The van der Waals surface area contributed by atoms with Crippen molar-refractivity contribution in [2.24, 2.45) is 0 Å². The molecule has 0 spiro atoms. The van der Waals surface area contributed by atoms with Gasteiger partial charge in [0.15, 0.2) is 5.78 Å². The van der Waals surface area contributed by atoms with Gasteiger partial charge in [-0.3, -0.25) is 9.52 Å². The first-order valence-corrected chi connectivity index (χ1v) is 12.6. The molecule has 33 heavy (non-hydrogen) atoms. The van der Waals surface area contributed by atoms with Crippen LogP contribution in [0.2, 0.25) is 0 Å². The molecule has 0 saturated heterocycles. The number of anilines is 1. The Bertz CT molecular complexity index is 1430. The van der Waals surface area contributed by atoms with Gasteiger partial charge in [-0.25, -0.2) is 18.4 Å². The third kappa shape index (κ3) is 4.88. The number of hydrogen-bond acceptors (Lipinski definition) is 5. The number of carbonyl (C=O) groups is 1. The molecular formula is C26H27N3O3S. The van der Waals surface area contributed by atoms with Crippen molar-refractivity contribution in [3.05, 3.63) is 71.4 Å². The molecule has 0 saturated carbocycles. The predicted molar refractivity (Wildman–Crippen MR) is 134 cm³/mol. The average molecular weight is 462 g/mol. The number of carbonyl (C=O) groups excluding carboxylic acids is 1. The van der Waals surface area contributed by atoms with Gasteiger partial charge in [0.05, 0.1) is 28.7 Å². The first-order valence-electron chi connectivity index (χ1n) is 10.7. The molecule has 0 fully saturated rings. The third-order valence-electron chi connectivity index (χ3n) is 5.56. The van der Waals surface area contributed by atoms with E-state index in [0.29, 0.717) is 28.9 Å². The summed E-state index contributed by atoms with van der Waals surface area (Å²) in [7, 11) is -3.35. The maximum absolute atomic E-state index is 12.7. The number of nitrogens with zero attached hydrogens (tertiary/aromatic N) is 2. The molecule has 1 N–H and O–H groups in total. The Balaban J connectivity index is 1.90. The Morgan fingerprint density at radius 1 is 1.03 bits per heavy atom. The Hall–Kier alpha value is -3.32. The first kappa shape index (κ1) is 22.9. The molecule has 0 amide bonds. The number of sulfonamides is 1. The minimum atomic E-state index is -3.35. The Labute approximate surface area is 194 Å². The van der Waals surface area contributed by atoms with E-state index in [-0.39, 0.29) is 11.2 Å². The van der Waals surface area contributed by atoms with Crippen molar-refractivity contribution in [2.75, 3.05) is 11.0 Å². The fraction of sp³-hybridized carbons (Fsp3) is 0.269. The molecule has 7 heteroatoms. The molecule has 0 unspecified atom stereocenters. The number of fused-ring (bicyclic) bond motifs is 1. The maximum atomic E-state index is 12.7. The van der Waals surface area contributed by atoms with E-state index in [4.69, 9.17) is 9.97 Å². The zero-order valence-electron chi connectivity index (χ0n) is 19.4. The van der Waals surface area contributed by atoms with Gasteiger partial charge in [0.2, 0.25) is 10.0 Å². The SMILES string of the molecule is Cc1nc2c(C3=CC=CCC3=O)cc(C(C)(C)C)cc2nc1-c1ccc(NS(C)(=O)=O)cc1. The van der Waals surface area contributed by atoms with Crippen LogP contribution >= 0.6 is 0 Å². The van der Waals surface area contributed by atoms with Crippen LogP contribution < -0.4 is 4.72 Å². The van der Waals surface area contributed by atoms with Crippen LogP contribution in [-0.4, -0.2) is 30.4 Å². The van der Waals surface area contributed by atoms with Gasteiger partial charge in [-0.05, 0) is 42.2 Å². The normalized spacial score (nSPS) is 14.5. The topological polar surface area (TPSA) is 89.0 Å². The molecule has 1 aromatic heterocycles. The maximum Gasteiger partial charge on any atom is 0.229 e. The number of nitrogens with one attached hydrogen (secondary N) is 1. The zero-order chi connectivity index (χ0) is 24.0. The number of aromatic nitrogens is 2. The lowest BCUT2D eigenvalue weighted by Crippen LogP contribution is -2.13. The summed E-state index contributed by atoms with van der Waals surface area (Å²) in [5, 5.41) is 0. The minimum absolute atomic E-state index is 0.0716. The smallest absolute Gasteiger partial charge is 0.229 e. The molecule has 1 heterocycles. The highest BCUT2D eigenvalue weighted by Gasteiger charge is 2.23. The van der Waals surface area contributed by atoms with E-state index in [1.165, 1.54) is 0 Å². The molecule has 1 aliphatic rings. The third-order valence-corrected chi connectivity index (χ3v) is 6.17. The highest BCUT2D eigenvalue weighted by Crippen LogP contribution is 2.34. The van der Waals surface area contributed by atoms with Crippen LogP contribution in [0, 0.1) is 6.92 Å². The van der Waals surface area contributed by atoms with E-state index in [1.54, 1.807) is 12.1 Å². The number of benzene rings is 2. The van der Waals surface area contributed by atoms with Gasteiger partial charge in [0.1, 0.15) is 0 Å². The lowest BCUT2D eigenvalue weighted by molar-refractivity contribution is -0.113. The number of Topliss-reactive ketones (excluding diaryl/α,β-unsaturated/α-hetero) is 1. The minimum Gasteiger partial charge on any atom is -0.294 e. The second-order valence-electron chi connectivity index (χ2n) is 9.39. The number of ketones is 1. The molecule has 0 aliphatic heterocycles. The van der Waals surface area contributed by atoms with Crippen LogP contribution in [0.4, 0.5) is 5.69 Å². The van der Waals surface area contributed by atoms with Crippen LogP contribution in [0.3, 0.4) is 0 Å². The first-order chi connectivity index (χ1) is 15.4. The summed E-state index contributed by atoms with van der Waals surface area (Å²) in [6.45, 7) is 8.28. The van der Waals surface area contributed by atoms with E-state index >= 15 is 0 Å². The molecule has 1 aliphatic carbocycles. The molecule has 2 aromatic carbocycles. The molecular weight excluding hydrogens is 434 g/mol. The largest absolute Gasteiger partial charge is 0.294 e. The van der Waals surface area contributed by atoms with E-state index in [1.807, 2.05) is 43.4 Å². The van der Waals surface area contributed by atoms with Gasteiger partial charge in [-0.1, -0.05) is 51.1 Å². The average Bonchev–Trinajstić information content (AvgIpc) is 2.72. The van der Waals surface area contributed by atoms with Crippen LogP contribution in [0.25, 0.3) is 27.9 Å². The molecule has 170 valence electrons. The second-order valence-corrected chi connectivity index (χ2v) is 11.1. The summed E-state index contributed by atoms with van der Waals surface area (Å²) < 4.78 is 25.4. The van der Waals surface area contributed by atoms with Gasteiger partial charge in [0, 0.05) is 28.8 Å². The van der Waals surface area contributed by atoms with E-state index < -0.39 is 10.0 Å². The van der Waals surface area contributed by atoms with Crippen molar-refractivity contribution in [1.29, 1.82) is 0 Å². The highest BCUT2D eigenvalue weighted by atomic mass is 32.2. The summed E-state index contributed by atoms with van der Waals surface area (Å²) >= 11 is 0.